The zero-order valence-electron chi connectivity index (χ0n) is 15.5. The van der Waals surface area contributed by atoms with E-state index in [2.05, 4.69) is 10.6 Å². The second-order valence-corrected chi connectivity index (χ2v) is 5.64. The van der Waals surface area contributed by atoms with Crippen molar-refractivity contribution in [1.82, 2.24) is 0 Å². The predicted molar refractivity (Wildman–Crippen MR) is 102 cm³/mol. The number of rotatable bonds is 6. The van der Waals surface area contributed by atoms with Gasteiger partial charge in [0, 0.05) is 17.4 Å². The molecule has 0 heterocycles. The summed E-state index contributed by atoms with van der Waals surface area (Å²) < 4.78 is 10.4. The lowest BCUT2D eigenvalue weighted by atomic mass is 10.0. The van der Waals surface area contributed by atoms with Crippen LogP contribution in [0.2, 0.25) is 0 Å². The minimum absolute atomic E-state index is 0.447. The summed E-state index contributed by atoms with van der Waals surface area (Å²) in [5.74, 6) is -0.449. The molecule has 0 aliphatic rings. The number of aryl methyl sites for hydroxylation is 2. The Balaban J connectivity index is 2.15. The molecule has 26 heavy (non-hydrogen) atoms. The number of ether oxygens (including phenoxy) is 2. The second-order valence-electron chi connectivity index (χ2n) is 5.64. The Hall–Kier alpha value is -3.02. The quantitative estimate of drug-likeness (QED) is 0.778. The molecule has 2 N–H and O–H groups in total. The van der Waals surface area contributed by atoms with Crippen molar-refractivity contribution in [2.45, 2.75) is 26.7 Å². The van der Waals surface area contributed by atoms with E-state index in [0.717, 1.165) is 24.0 Å². The molecule has 2 aromatic carbocycles. The Morgan fingerprint density at radius 3 is 1.96 bits per heavy atom. The molecule has 138 valence electrons. The summed E-state index contributed by atoms with van der Waals surface area (Å²) in [7, 11) is 3.03. The Morgan fingerprint density at radius 2 is 1.42 bits per heavy atom. The topological polar surface area (TPSA) is 76.7 Å². The Kier molecular flexibility index (Phi) is 6.60. The third-order valence-corrected chi connectivity index (χ3v) is 4.09. The molecule has 6 nitrogen and oxygen atoms in total. The molecule has 0 aromatic heterocycles. The number of carbonyl (C=O) groups excluding carboxylic acids is 2. The van der Waals surface area contributed by atoms with Crippen LogP contribution in [0.4, 0.5) is 11.4 Å². The number of benzene rings is 2. The van der Waals surface area contributed by atoms with Crippen LogP contribution in [-0.2, 0) is 22.4 Å². The number of anilines is 2. The summed E-state index contributed by atoms with van der Waals surface area (Å²) >= 11 is 0. The Morgan fingerprint density at radius 1 is 0.846 bits per heavy atom. The zero-order chi connectivity index (χ0) is 19.1. The molecule has 0 aliphatic carbocycles. The van der Waals surface area contributed by atoms with Gasteiger partial charge in [-0.2, -0.15) is 0 Å². The lowest BCUT2D eigenvalue weighted by molar-refractivity contribution is -0.133. The first kappa shape index (κ1) is 19.3. The number of nitrogens with one attached hydrogen (secondary N) is 2. The predicted octanol–water partition coefficient (Wildman–Crippen LogP) is 3.41. The molecule has 0 aliphatic heterocycles. The van der Waals surface area contributed by atoms with Crippen molar-refractivity contribution in [3.63, 3.8) is 0 Å². The number of hydrogen-bond donors (Lipinski definition) is 2. The number of para-hydroxylation sites is 1. The van der Waals surface area contributed by atoms with Crippen molar-refractivity contribution in [1.29, 1.82) is 0 Å². The summed E-state index contributed by atoms with van der Waals surface area (Å²) in [6.07, 6.45) is 1.53. The smallest absolute Gasteiger partial charge is 0.314 e. The van der Waals surface area contributed by atoms with Gasteiger partial charge in [0.1, 0.15) is 0 Å². The van der Waals surface area contributed by atoms with E-state index in [-0.39, 0.29) is 0 Å². The van der Waals surface area contributed by atoms with Gasteiger partial charge in [-0.15, -0.1) is 0 Å². The molecule has 6 heteroatoms. The van der Waals surface area contributed by atoms with Crippen molar-refractivity contribution in [2.24, 2.45) is 0 Å². The highest BCUT2D eigenvalue weighted by Gasteiger charge is 2.18. The Labute approximate surface area is 153 Å². The third-order valence-electron chi connectivity index (χ3n) is 4.09. The Bertz CT molecular complexity index is 780. The average molecular weight is 356 g/mol. The number of hydrogen-bond acceptors (Lipinski definition) is 4. The van der Waals surface area contributed by atoms with Gasteiger partial charge >= 0.3 is 11.8 Å². The number of methoxy groups -OCH3 is 2. The maximum atomic E-state index is 12.4. The maximum Gasteiger partial charge on any atom is 0.314 e. The van der Waals surface area contributed by atoms with Gasteiger partial charge in [0.15, 0.2) is 11.5 Å². The molecule has 0 fully saturated rings. The molecule has 0 radical (unpaired) electrons. The van der Waals surface area contributed by atoms with Crippen LogP contribution in [0, 0.1) is 0 Å². The van der Waals surface area contributed by atoms with E-state index in [9.17, 15) is 9.59 Å². The largest absolute Gasteiger partial charge is 0.493 e. The molecule has 2 rings (SSSR count). The van der Waals surface area contributed by atoms with Crippen LogP contribution in [0.5, 0.6) is 11.5 Å². The van der Waals surface area contributed by atoms with E-state index < -0.39 is 11.8 Å². The highest BCUT2D eigenvalue weighted by Crippen LogP contribution is 2.29. The third kappa shape index (κ3) is 4.33. The van der Waals surface area contributed by atoms with Gasteiger partial charge in [0.05, 0.1) is 14.2 Å². The summed E-state index contributed by atoms with van der Waals surface area (Å²) in [4.78, 5) is 24.6. The molecule has 2 amide bonds. The highest BCUT2D eigenvalue weighted by molar-refractivity contribution is 6.43. The van der Waals surface area contributed by atoms with Crippen LogP contribution in [0.25, 0.3) is 0 Å². The molecular formula is C20H24N2O4. The van der Waals surface area contributed by atoms with E-state index in [1.165, 1.54) is 14.2 Å². The SMILES string of the molecule is CCc1cccc(CC)c1NC(=O)C(=O)Nc1ccc(OC)c(OC)c1. The standard InChI is InChI=1S/C20H24N2O4/c1-5-13-8-7-9-14(6-2)18(13)22-20(24)19(23)21-15-10-11-16(25-3)17(12-15)26-4/h7-12H,5-6H2,1-4H3,(H,21,23)(H,22,24). The van der Waals surface area contributed by atoms with Crippen LogP contribution < -0.4 is 20.1 Å². The lowest BCUT2D eigenvalue weighted by Gasteiger charge is -2.14. The van der Waals surface area contributed by atoms with Crippen molar-refractivity contribution in [2.75, 3.05) is 24.9 Å². The van der Waals surface area contributed by atoms with Gasteiger partial charge in [0.25, 0.3) is 0 Å². The summed E-state index contributed by atoms with van der Waals surface area (Å²) in [6, 6.07) is 10.7. The fourth-order valence-electron chi connectivity index (χ4n) is 2.68. The minimum atomic E-state index is -0.745. The number of carbonyl (C=O) groups is 2. The first-order chi connectivity index (χ1) is 12.5. The molecule has 0 bridgehead atoms. The van der Waals surface area contributed by atoms with Gasteiger partial charge < -0.3 is 20.1 Å². The zero-order valence-corrected chi connectivity index (χ0v) is 15.5. The van der Waals surface area contributed by atoms with E-state index in [0.29, 0.717) is 22.9 Å². The van der Waals surface area contributed by atoms with Gasteiger partial charge in [-0.25, -0.2) is 0 Å². The van der Waals surface area contributed by atoms with Gasteiger partial charge in [-0.3, -0.25) is 9.59 Å². The molecule has 0 saturated heterocycles. The first-order valence-corrected chi connectivity index (χ1v) is 8.49. The van der Waals surface area contributed by atoms with E-state index in [1.807, 2.05) is 32.0 Å². The molecule has 0 atom stereocenters. The molecule has 2 aromatic rings. The maximum absolute atomic E-state index is 12.4. The van der Waals surface area contributed by atoms with Crippen molar-refractivity contribution in [3.8, 4) is 11.5 Å². The number of amides is 2. The van der Waals surface area contributed by atoms with Gasteiger partial charge in [-0.05, 0) is 36.1 Å². The molecule has 0 saturated carbocycles. The molecular weight excluding hydrogens is 332 g/mol. The summed E-state index contributed by atoms with van der Waals surface area (Å²) in [5.41, 5.74) is 3.15. The highest BCUT2D eigenvalue weighted by atomic mass is 16.5. The second kappa shape index (κ2) is 8.89. The van der Waals surface area contributed by atoms with Crippen molar-refractivity contribution < 1.29 is 19.1 Å². The van der Waals surface area contributed by atoms with Crippen LogP contribution in [-0.4, -0.2) is 26.0 Å². The average Bonchev–Trinajstić information content (AvgIpc) is 2.67. The van der Waals surface area contributed by atoms with Gasteiger partial charge in [-0.1, -0.05) is 32.0 Å². The molecule has 0 unspecified atom stereocenters. The van der Waals surface area contributed by atoms with Crippen LogP contribution in [0.1, 0.15) is 25.0 Å². The van der Waals surface area contributed by atoms with Gasteiger partial charge in [0.2, 0.25) is 0 Å². The molecule has 0 spiro atoms. The fourth-order valence-corrected chi connectivity index (χ4v) is 2.68. The van der Waals surface area contributed by atoms with Crippen molar-refractivity contribution in [3.05, 3.63) is 47.5 Å². The monoisotopic (exact) mass is 356 g/mol. The van der Waals surface area contributed by atoms with E-state index in [1.54, 1.807) is 18.2 Å². The lowest BCUT2D eigenvalue weighted by Crippen LogP contribution is -2.29. The van der Waals surface area contributed by atoms with Crippen LogP contribution in [0.15, 0.2) is 36.4 Å². The summed E-state index contributed by atoms with van der Waals surface area (Å²) in [6.45, 7) is 4.02. The van der Waals surface area contributed by atoms with Crippen molar-refractivity contribution >= 4 is 23.2 Å². The van der Waals surface area contributed by atoms with Crippen LogP contribution in [0.3, 0.4) is 0 Å². The van der Waals surface area contributed by atoms with Crippen LogP contribution >= 0.6 is 0 Å². The van der Waals surface area contributed by atoms with E-state index >= 15 is 0 Å². The fraction of sp³-hybridized carbons (Fsp3) is 0.300. The first-order valence-electron chi connectivity index (χ1n) is 8.49. The normalized spacial score (nSPS) is 10.2. The van der Waals surface area contributed by atoms with E-state index in [4.69, 9.17) is 9.47 Å². The summed E-state index contributed by atoms with van der Waals surface area (Å²) in [5, 5.41) is 5.32. The minimum Gasteiger partial charge on any atom is -0.493 e.